The Labute approximate surface area is 115 Å². The number of hydrogen-bond acceptors (Lipinski definition) is 3. The summed E-state index contributed by atoms with van der Waals surface area (Å²) in [7, 11) is 0. The number of imidazole rings is 1. The van der Waals surface area contributed by atoms with E-state index in [-0.39, 0.29) is 5.41 Å². The molecule has 0 aromatic carbocycles. The maximum Gasteiger partial charge on any atom is 0.201 e. The zero-order valence-electron chi connectivity index (χ0n) is 12.2. The van der Waals surface area contributed by atoms with Gasteiger partial charge in [-0.05, 0) is 17.9 Å². The molecule has 19 heavy (non-hydrogen) atoms. The molecule has 2 aromatic rings. The minimum atomic E-state index is 0.236. The van der Waals surface area contributed by atoms with Gasteiger partial charge in [-0.15, -0.1) is 0 Å². The lowest BCUT2D eigenvalue weighted by Crippen LogP contribution is -2.20. The molecule has 4 nitrogen and oxygen atoms in total. The summed E-state index contributed by atoms with van der Waals surface area (Å²) in [4.78, 5) is 8.47. The molecule has 0 unspecified atom stereocenters. The van der Waals surface area contributed by atoms with Crippen molar-refractivity contribution in [2.75, 3.05) is 5.73 Å². The number of anilines is 1. The quantitative estimate of drug-likeness (QED) is 0.807. The van der Waals surface area contributed by atoms with Crippen LogP contribution < -0.4 is 5.73 Å². The van der Waals surface area contributed by atoms with Crippen LogP contribution in [0.3, 0.4) is 0 Å². The smallest absolute Gasteiger partial charge is 0.201 e. The minimum absolute atomic E-state index is 0.236. The molecule has 0 aliphatic carbocycles. The third-order valence-corrected chi connectivity index (χ3v) is 3.62. The average Bonchev–Trinajstić information content (AvgIpc) is 2.66. The summed E-state index contributed by atoms with van der Waals surface area (Å²) in [5.74, 6) is 0.589. The van der Waals surface area contributed by atoms with Gasteiger partial charge >= 0.3 is 0 Å². The topological polar surface area (TPSA) is 56.7 Å². The average molecular weight is 260 g/mol. The SMILES string of the molecule is CCCCCC(C)(C)Cn1c(N)nc2cnccc21. The Kier molecular flexibility index (Phi) is 4.08. The van der Waals surface area contributed by atoms with E-state index in [1.54, 1.807) is 12.4 Å². The third-order valence-electron chi connectivity index (χ3n) is 3.62. The highest BCUT2D eigenvalue weighted by molar-refractivity contribution is 5.77. The van der Waals surface area contributed by atoms with E-state index in [9.17, 15) is 0 Å². The first-order valence-corrected chi connectivity index (χ1v) is 7.09. The maximum absolute atomic E-state index is 6.04. The van der Waals surface area contributed by atoms with Gasteiger partial charge in [0.05, 0.1) is 11.7 Å². The molecule has 0 radical (unpaired) electrons. The molecule has 4 heteroatoms. The largest absolute Gasteiger partial charge is 0.369 e. The molecule has 0 spiro atoms. The first kappa shape index (κ1) is 13.8. The molecule has 2 N–H and O–H groups in total. The van der Waals surface area contributed by atoms with Gasteiger partial charge in [-0.25, -0.2) is 4.98 Å². The molecule has 0 amide bonds. The molecule has 2 rings (SSSR count). The summed E-state index contributed by atoms with van der Waals surface area (Å²) in [5.41, 5.74) is 8.23. The van der Waals surface area contributed by atoms with Gasteiger partial charge in [-0.1, -0.05) is 40.0 Å². The number of aromatic nitrogens is 3. The molecule has 2 aromatic heterocycles. The molecular formula is C15H24N4. The number of pyridine rings is 1. The van der Waals surface area contributed by atoms with Crippen LogP contribution in [0, 0.1) is 5.41 Å². The monoisotopic (exact) mass is 260 g/mol. The number of fused-ring (bicyclic) bond motifs is 1. The van der Waals surface area contributed by atoms with E-state index in [4.69, 9.17) is 5.73 Å². The van der Waals surface area contributed by atoms with Crippen LogP contribution in [0.25, 0.3) is 11.0 Å². The van der Waals surface area contributed by atoms with E-state index in [0.29, 0.717) is 5.95 Å². The summed E-state index contributed by atoms with van der Waals surface area (Å²) in [6.45, 7) is 7.74. The Hall–Kier alpha value is -1.58. The highest BCUT2D eigenvalue weighted by Crippen LogP contribution is 2.29. The summed E-state index contributed by atoms with van der Waals surface area (Å²) in [5, 5.41) is 0. The summed E-state index contributed by atoms with van der Waals surface area (Å²) < 4.78 is 2.11. The lowest BCUT2D eigenvalue weighted by atomic mass is 9.86. The molecule has 0 aliphatic rings. The second kappa shape index (κ2) is 5.59. The molecule has 0 aliphatic heterocycles. The van der Waals surface area contributed by atoms with Crippen molar-refractivity contribution >= 4 is 17.0 Å². The van der Waals surface area contributed by atoms with Crippen LogP contribution in [-0.2, 0) is 6.54 Å². The summed E-state index contributed by atoms with van der Waals surface area (Å²) >= 11 is 0. The lowest BCUT2D eigenvalue weighted by Gasteiger charge is -2.26. The molecule has 0 saturated carbocycles. The van der Waals surface area contributed by atoms with E-state index >= 15 is 0 Å². The number of nitrogen functional groups attached to an aromatic ring is 1. The normalized spacial score (nSPS) is 12.2. The number of nitrogens with zero attached hydrogens (tertiary/aromatic N) is 3. The van der Waals surface area contributed by atoms with Crippen molar-refractivity contribution < 1.29 is 0 Å². The second-order valence-electron chi connectivity index (χ2n) is 6.04. The van der Waals surface area contributed by atoms with Gasteiger partial charge in [0, 0.05) is 12.7 Å². The van der Waals surface area contributed by atoms with E-state index in [1.807, 2.05) is 6.07 Å². The van der Waals surface area contributed by atoms with Crippen molar-refractivity contribution in [1.82, 2.24) is 14.5 Å². The second-order valence-corrected chi connectivity index (χ2v) is 6.04. The molecule has 2 heterocycles. The van der Waals surface area contributed by atoms with Crippen LogP contribution in [0.5, 0.6) is 0 Å². The molecular weight excluding hydrogens is 236 g/mol. The third kappa shape index (κ3) is 3.25. The lowest BCUT2D eigenvalue weighted by molar-refractivity contribution is 0.276. The summed E-state index contributed by atoms with van der Waals surface area (Å²) in [6, 6.07) is 1.99. The Morgan fingerprint density at radius 3 is 2.84 bits per heavy atom. The van der Waals surface area contributed by atoms with Crippen LogP contribution >= 0.6 is 0 Å². The Bertz CT molecular complexity index is 542. The first-order valence-electron chi connectivity index (χ1n) is 7.09. The Balaban J connectivity index is 2.18. The zero-order valence-corrected chi connectivity index (χ0v) is 12.2. The van der Waals surface area contributed by atoms with Crippen LogP contribution in [-0.4, -0.2) is 14.5 Å². The number of nitrogens with two attached hydrogens (primary N) is 1. The number of hydrogen-bond donors (Lipinski definition) is 1. The molecule has 0 fully saturated rings. The fourth-order valence-electron chi connectivity index (χ4n) is 2.53. The van der Waals surface area contributed by atoms with Crippen LogP contribution in [0.15, 0.2) is 18.5 Å². The van der Waals surface area contributed by atoms with Gasteiger partial charge in [0.2, 0.25) is 5.95 Å². The standard InChI is InChI=1S/C15H24N4/c1-4-5-6-8-15(2,3)11-19-13-7-9-17-10-12(13)18-14(19)16/h7,9-10H,4-6,8,11H2,1-3H3,(H2,16,18). The van der Waals surface area contributed by atoms with Crippen molar-refractivity contribution in [2.24, 2.45) is 5.41 Å². The number of rotatable bonds is 6. The van der Waals surface area contributed by atoms with Gasteiger partial charge < -0.3 is 10.3 Å². The molecule has 0 atom stereocenters. The van der Waals surface area contributed by atoms with Gasteiger partial charge in [0.15, 0.2) is 0 Å². The highest BCUT2D eigenvalue weighted by atomic mass is 15.2. The Morgan fingerprint density at radius 1 is 1.32 bits per heavy atom. The molecule has 0 saturated heterocycles. The van der Waals surface area contributed by atoms with Gasteiger partial charge in [-0.2, -0.15) is 0 Å². The van der Waals surface area contributed by atoms with Gasteiger partial charge in [0.1, 0.15) is 5.52 Å². The number of unbranched alkanes of at least 4 members (excludes halogenated alkanes) is 2. The maximum atomic E-state index is 6.04. The Morgan fingerprint density at radius 2 is 2.11 bits per heavy atom. The van der Waals surface area contributed by atoms with Crippen LogP contribution in [0.1, 0.15) is 46.5 Å². The van der Waals surface area contributed by atoms with E-state index in [1.165, 1.54) is 25.7 Å². The first-order chi connectivity index (χ1) is 9.03. The molecule has 104 valence electrons. The molecule has 0 bridgehead atoms. The van der Waals surface area contributed by atoms with Gasteiger partial charge in [0.25, 0.3) is 0 Å². The highest BCUT2D eigenvalue weighted by Gasteiger charge is 2.20. The van der Waals surface area contributed by atoms with E-state index in [2.05, 4.69) is 35.3 Å². The predicted molar refractivity (Wildman–Crippen MR) is 79.9 cm³/mol. The predicted octanol–water partition coefficient (Wildman–Crippen LogP) is 3.62. The van der Waals surface area contributed by atoms with Crippen molar-refractivity contribution in [3.8, 4) is 0 Å². The van der Waals surface area contributed by atoms with Crippen molar-refractivity contribution in [3.63, 3.8) is 0 Å². The van der Waals surface area contributed by atoms with Crippen molar-refractivity contribution in [3.05, 3.63) is 18.5 Å². The van der Waals surface area contributed by atoms with Gasteiger partial charge in [-0.3, -0.25) is 4.98 Å². The van der Waals surface area contributed by atoms with Crippen LogP contribution in [0.4, 0.5) is 5.95 Å². The minimum Gasteiger partial charge on any atom is -0.369 e. The van der Waals surface area contributed by atoms with Crippen LogP contribution in [0.2, 0.25) is 0 Å². The fraction of sp³-hybridized carbons (Fsp3) is 0.600. The van der Waals surface area contributed by atoms with Crippen molar-refractivity contribution in [1.29, 1.82) is 0 Å². The fourth-order valence-corrected chi connectivity index (χ4v) is 2.53. The van der Waals surface area contributed by atoms with Crippen molar-refractivity contribution in [2.45, 2.75) is 53.0 Å². The summed E-state index contributed by atoms with van der Waals surface area (Å²) in [6.07, 6.45) is 8.62. The zero-order chi connectivity index (χ0) is 13.9. The van der Waals surface area contributed by atoms with E-state index in [0.717, 1.165) is 17.6 Å². The van der Waals surface area contributed by atoms with E-state index < -0.39 is 0 Å².